The van der Waals surface area contributed by atoms with Crippen LogP contribution in [0.1, 0.15) is 18.6 Å². The molecule has 0 unspecified atom stereocenters. The van der Waals surface area contributed by atoms with Gasteiger partial charge in [0.05, 0.1) is 20.3 Å². The summed E-state index contributed by atoms with van der Waals surface area (Å²) in [7, 11) is -0.0450. The lowest BCUT2D eigenvalue weighted by Gasteiger charge is -2.01. The van der Waals surface area contributed by atoms with Crippen LogP contribution < -0.4 is 15.7 Å². The van der Waals surface area contributed by atoms with E-state index in [1.54, 1.807) is 25.3 Å². The number of ether oxygens (including phenoxy) is 1. The first-order valence-corrected chi connectivity index (χ1v) is 10.6. The summed E-state index contributed by atoms with van der Waals surface area (Å²) in [5.41, 5.74) is 3.46. The molecule has 12 heteroatoms. The van der Waals surface area contributed by atoms with Crippen LogP contribution in [0, 0.1) is 0 Å². The highest BCUT2D eigenvalue weighted by Gasteiger charge is 2.27. The van der Waals surface area contributed by atoms with Gasteiger partial charge in [-0.05, 0) is 46.3 Å². The van der Waals surface area contributed by atoms with Crippen molar-refractivity contribution in [2.45, 2.75) is 20.6 Å². The van der Waals surface area contributed by atoms with Crippen LogP contribution in [-0.2, 0) is 22.5 Å². The van der Waals surface area contributed by atoms with Crippen molar-refractivity contribution in [3.05, 3.63) is 47.5 Å². The Morgan fingerprint density at radius 3 is 1.89 bits per heavy atom. The summed E-state index contributed by atoms with van der Waals surface area (Å²) in [6.07, 6.45) is 0. The van der Waals surface area contributed by atoms with Gasteiger partial charge < -0.3 is 29.2 Å². The molecule has 0 atom stereocenters. The summed E-state index contributed by atoms with van der Waals surface area (Å²) in [5.74, 6) is 0.909. The molecule has 3 N–H and O–H groups in total. The highest BCUT2D eigenvalue weighted by atomic mass is 79.9. The summed E-state index contributed by atoms with van der Waals surface area (Å²) in [5, 5.41) is 27.5. The molecular formula is C16H20B3Br3O6. The molecule has 0 aromatic heterocycles. The molecule has 0 saturated heterocycles. The average Bonchev–Trinajstić information content (AvgIpc) is 3.18. The van der Waals surface area contributed by atoms with E-state index in [9.17, 15) is 10.0 Å². The van der Waals surface area contributed by atoms with Gasteiger partial charge in [0.1, 0.15) is 11.5 Å². The van der Waals surface area contributed by atoms with Crippen molar-refractivity contribution in [2.24, 2.45) is 0 Å². The van der Waals surface area contributed by atoms with Gasteiger partial charge in [0, 0.05) is 0 Å². The predicted molar refractivity (Wildman–Crippen MR) is 125 cm³/mol. The molecule has 0 aliphatic carbocycles. The molecule has 0 fully saturated rings. The van der Waals surface area contributed by atoms with Gasteiger partial charge in [-0.2, -0.15) is 0 Å². The molecule has 2 aromatic carbocycles. The number of benzene rings is 2. The van der Waals surface area contributed by atoms with Crippen molar-refractivity contribution in [3.8, 4) is 11.5 Å². The van der Waals surface area contributed by atoms with Crippen LogP contribution in [0.15, 0.2) is 36.4 Å². The van der Waals surface area contributed by atoms with Crippen LogP contribution in [0.3, 0.4) is 0 Å². The number of methoxy groups -OCH3 is 1. The maximum absolute atomic E-state index is 9.32. The Morgan fingerprint density at radius 1 is 0.929 bits per heavy atom. The van der Waals surface area contributed by atoms with Gasteiger partial charge >= 0.3 is 17.4 Å². The largest absolute Gasteiger partial charge is 0.508 e. The van der Waals surface area contributed by atoms with E-state index in [4.69, 9.17) is 19.2 Å². The van der Waals surface area contributed by atoms with Gasteiger partial charge in [0.2, 0.25) is 0 Å². The molecule has 2 aromatic rings. The Bertz CT molecular complexity index is 766. The molecule has 150 valence electrons. The Balaban J connectivity index is 0.000000230. The number of phenols is 1. The van der Waals surface area contributed by atoms with Crippen molar-refractivity contribution in [3.63, 3.8) is 0 Å². The van der Waals surface area contributed by atoms with Gasteiger partial charge in [-0.1, -0.05) is 19.6 Å². The molecule has 6 nitrogen and oxygen atoms in total. The first-order valence-electron chi connectivity index (χ1n) is 7.82. The van der Waals surface area contributed by atoms with E-state index in [0.29, 0.717) is 18.7 Å². The maximum atomic E-state index is 9.32. The number of halogens is 3. The predicted octanol–water partition coefficient (Wildman–Crippen LogP) is 2.31. The first kappa shape index (κ1) is 25.6. The zero-order valence-electron chi connectivity index (χ0n) is 14.3. The quantitative estimate of drug-likeness (QED) is 0.449. The Kier molecular flexibility index (Phi) is 11.2. The Morgan fingerprint density at radius 2 is 1.39 bits per heavy atom. The van der Waals surface area contributed by atoms with Crippen LogP contribution in [-0.4, -0.2) is 39.7 Å². The first-order chi connectivity index (χ1) is 12.8. The summed E-state index contributed by atoms with van der Waals surface area (Å²) in [6, 6.07) is 10.4. The molecule has 0 saturated carbocycles. The second-order valence-electron chi connectivity index (χ2n) is 5.52. The Labute approximate surface area is 190 Å². The molecule has 28 heavy (non-hydrogen) atoms. The minimum absolute atomic E-state index is 0. The number of phenolic OH excluding ortho intramolecular Hbond substituents is 1. The van der Waals surface area contributed by atoms with Gasteiger partial charge in [-0.25, -0.2) is 0 Å². The zero-order chi connectivity index (χ0) is 20.0. The molecule has 0 bridgehead atoms. The fraction of sp³-hybridized carbons (Fsp3) is 0.250. The second kappa shape index (κ2) is 12.3. The third kappa shape index (κ3) is 7.40. The summed E-state index contributed by atoms with van der Waals surface area (Å²) in [4.78, 5) is 0. The second-order valence-corrected chi connectivity index (χ2v) is 12.0. The van der Waals surface area contributed by atoms with Crippen molar-refractivity contribution < 1.29 is 29.2 Å². The molecule has 2 aliphatic rings. The van der Waals surface area contributed by atoms with E-state index in [2.05, 4.69) is 47.3 Å². The average molecular weight is 580 g/mol. The molecule has 0 spiro atoms. The van der Waals surface area contributed by atoms with Crippen molar-refractivity contribution >= 4 is 75.6 Å². The van der Waals surface area contributed by atoms with Gasteiger partial charge in [0.25, 0.3) is 0 Å². The summed E-state index contributed by atoms with van der Waals surface area (Å²) in [6.45, 7) is 0.914. The topological polar surface area (TPSA) is 88.4 Å². The monoisotopic (exact) mass is 578 g/mol. The van der Waals surface area contributed by atoms with E-state index in [1.807, 2.05) is 12.1 Å². The van der Waals surface area contributed by atoms with E-state index in [1.165, 1.54) is 6.07 Å². The fourth-order valence-corrected chi connectivity index (χ4v) is 2.52. The van der Waals surface area contributed by atoms with Gasteiger partial charge in [-0.15, -0.1) is 47.3 Å². The SMILES string of the molecule is BrB(Br)Br.C.COc1ccc2c(c1)B(O)OC2.OB1OCc2ccc(O)cc21. The number of rotatable bonds is 1. The molecular weight excluding hydrogens is 560 g/mol. The van der Waals surface area contributed by atoms with Crippen LogP contribution in [0.25, 0.3) is 0 Å². The van der Waals surface area contributed by atoms with E-state index < -0.39 is 14.2 Å². The zero-order valence-corrected chi connectivity index (χ0v) is 19.1. The lowest BCUT2D eigenvalue weighted by Crippen LogP contribution is -2.27. The van der Waals surface area contributed by atoms with Crippen LogP contribution in [0.2, 0.25) is 0 Å². The molecule has 0 amide bonds. The van der Waals surface area contributed by atoms with Crippen LogP contribution >= 0.6 is 47.3 Å². The lowest BCUT2D eigenvalue weighted by atomic mass is 9.79. The lowest BCUT2D eigenvalue weighted by molar-refractivity contribution is 0.275. The molecule has 0 radical (unpaired) electrons. The molecule has 4 rings (SSSR count). The van der Waals surface area contributed by atoms with Crippen LogP contribution in [0.5, 0.6) is 11.5 Å². The third-order valence-corrected chi connectivity index (χ3v) is 3.81. The highest BCUT2D eigenvalue weighted by molar-refractivity contribution is 9.69. The minimum Gasteiger partial charge on any atom is -0.508 e. The van der Waals surface area contributed by atoms with E-state index in [0.717, 1.165) is 22.3 Å². The number of aromatic hydroxyl groups is 1. The van der Waals surface area contributed by atoms with Crippen molar-refractivity contribution in [2.75, 3.05) is 7.11 Å². The normalized spacial score (nSPS) is 13.2. The maximum Gasteiger partial charge on any atom is 0.491 e. The summed E-state index contributed by atoms with van der Waals surface area (Å²) >= 11 is 9.31. The van der Waals surface area contributed by atoms with Gasteiger partial charge in [0.15, 0.2) is 0 Å². The smallest absolute Gasteiger partial charge is 0.491 e. The number of fused-ring (bicyclic) bond motifs is 2. The van der Waals surface area contributed by atoms with E-state index >= 15 is 0 Å². The highest BCUT2D eigenvalue weighted by Crippen LogP contribution is 2.16. The summed E-state index contributed by atoms with van der Waals surface area (Å²) < 4.78 is 15.2. The molecule has 2 aliphatic heterocycles. The van der Waals surface area contributed by atoms with Crippen molar-refractivity contribution in [1.82, 2.24) is 0 Å². The fourth-order valence-electron chi connectivity index (χ4n) is 2.52. The third-order valence-electron chi connectivity index (χ3n) is 3.81. The number of hydrogen-bond donors (Lipinski definition) is 3. The number of hydrogen-bond acceptors (Lipinski definition) is 6. The minimum atomic E-state index is -0.864. The Hall–Kier alpha value is -0.485. The van der Waals surface area contributed by atoms with Crippen LogP contribution in [0.4, 0.5) is 0 Å². The standard InChI is InChI=1S/C8H9BO3.C7H7BO3.CH4.BBr3/c1-11-7-3-2-6-5-12-9(10)8(6)4-7;9-6-2-1-5-4-11-8(10)7(5)3-6;;2-1(3)4/h2-4,10H,5H2,1H3;1-3,9-10H,4H2;1H4;. The van der Waals surface area contributed by atoms with E-state index in [-0.39, 0.29) is 16.4 Å². The van der Waals surface area contributed by atoms with Gasteiger partial charge in [-0.3, -0.25) is 0 Å². The molecule has 2 heterocycles. The van der Waals surface area contributed by atoms with Crippen molar-refractivity contribution in [1.29, 1.82) is 0 Å².